The Labute approximate surface area is 178 Å². The van der Waals surface area contributed by atoms with Gasteiger partial charge in [0.2, 0.25) is 5.91 Å². The third kappa shape index (κ3) is 3.41. The summed E-state index contributed by atoms with van der Waals surface area (Å²) in [6.45, 7) is 2.82. The van der Waals surface area contributed by atoms with E-state index in [2.05, 4.69) is 21.2 Å². The minimum Gasteiger partial charge on any atom is -0.486 e. The highest BCUT2D eigenvalue weighted by Crippen LogP contribution is 2.62. The molecule has 6 rings (SSSR count). The number of amides is 1. The van der Waals surface area contributed by atoms with E-state index in [0.717, 1.165) is 35.7 Å². The maximum atomic E-state index is 13.3. The van der Waals surface area contributed by atoms with Crippen molar-refractivity contribution in [3.63, 3.8) is 0 Å². The number of fused-ring (bicyclic) bond motifs is 1. The Morgan fingerprint density at radius 3 is 2.45 bits per heavy atom. The number of esters is 1. The van der Waals surface area contributed by atoms with Gasteiger partial charge in [-0.05, 0) is 62.5 Å². The lowest BCUT2D eigenvalue weighted by Gasteiger charge is -2.60. The number of halogens is 1. The van der Waals surface area contributed by atoms with Crippen LogP contribution in [-0.4, -0.2) is 30.6 Å². The van der Waals surface area contributed by atoms with Gasteiger partial charge < -0.3 is 19.5 Å². The number of nitrogens with one attached hydrogen (secondary N) is 1. The van der Waals surface area contributed by atoms with Gasteiger partial charge in [-0.1, -0.05) is 15.9 Å². The highest BCUT2D eigenvalue weighted by atomic mass is 79.9. The summed E-state index contributed by atoms with van der Waals surface area (Å²) in [7, 11) is 0. The molecule has 1 heterocycles. The first-order valence-electron chi connectivity index (χ1n) is 10.4. The van der Waals surface area contributed by atoms with Gasteiger partial charge in [0.05, 0.1) is 5.41 Å². The Bertz CT molecular complexity index is 855. The van der Waals surface area contributed by atoms with Gasteiger partial charge in [0.1, 0.15) is 19.8 Å². The molecule has 2 unspecified atom stereocenters. The van der Waals surface area contributed by atoms with Gasteiger partial charge in [-0.15, -0.1) is 0 Å². The number of benzene rings is 1. The normalized spacial score (nSPS) is 34.0. The third-order valence-corrected chi connectivity index (χ3v) is 7.74. The number of hydrogen-bond donors (Lipinski definition) is 1. The Balaban J connectivity index is 1.33. The summed E-state index contributed by atoms with van der Waals surface area (Å²) in [5.74, 6) is 2.26. The molecule has 6 nitrogen and oxygen atoms in total. The van der Waals surface area contributed by atoms with E-state index < -0.39 is 5.41 Å². The first-order chi connectivity index (χ1) is 13.9. The number of carbonyl (C=O) groups is 2. The molecule has 2 atom stereocenters. The monoisotopic (exact) mass is 463 g/mol. The SMILES string of the molecule is CC(=O)NC12CC3CC(C1)CC(C(=O)OCc1cc4c(cc1Br)OCCO4)(C3)C2. The largest absolute Gasteiger partial charge is 0.486 e. The molecule has 0 saturated heterocycles. The van der Waals surface area contributed by atoms with Crippen LogP contribution in [0.3, 0.4) is 0 Å². The topological polar surface area (TPSA) is 73.9 Å². The van der Waals surface area contributed by atoms with E-state index >= 15 is 0 Å². The zero-order valence-electron chi connectivity index (χ0n) is 16.6. The van der Waals surface area contributed by atoms with Crippen LogP contribution in [0.2, 0.25) is 0 Å². The lowest BCUT2D eigenvalue weighted by atomic mass is 9.47. The summed E-state index contributed by atoms with van der Waals surface area (Å²) in [4.78, 5) is 25.1. The second-order valence-corrected chi connectivity index (χ2v) is 10.2. The molecular weight excluding hydrogens is 438 g/mol. The summed E-state index contributed by atoms with van der Waals surface area (Å²) in [5, 5.41) is 3.20. The molecule has 5 aliphatic rings. The fourth-order valence-electron chi connectivity index (χ4n) is 6.53. The van der Waals surface area contributed by atoms with Gasteiger partial charge in [0.25, 0.3) is 0 Å². The molecule has 0 spiro atoms. The summed E-state index contributed by atoms with van der Waals surface area (Å²) >= 11 is 3.55. The van der Waals surface area contributed by atoms with Gasteiger partial charge in [-0.2, -0.15) is 0 Å². The van der Waals surface area contributed by atoms with Crippen LogP contribution >= 0.6 is 15.9 Å². The van der Waals surface area contributed by atoms with E-state index in [1.165, 1.54) is 6.42 Å². The lowest BCUT2D eigenvalue weighted by molar-refractivity contribution is -0.177. The molecule has 7 heteroatoms. The Kier molecular flexibility index (Phi) is 4.57. The summed E-state index contributed by atoms with van der Waals surface area (Å²) < 4.78 is 17.9. The molecule has 4 fully saturated rings. The molecule has 0 radical (unpaired) electrons. The quantitative estimate of drug-likeness (QED) is 0.688. The highest BCUT2D eigenvalue weighted by molar-refractivity contribution is 9.10. The van der Waals surface area contributed by atoms with Crippen molar-refractivity contribution in [2.45, 2.75) is 57.6 Å². The third-order valence-electron chi connectivity index (χ3n) is 7.01. The first-order valence-corrected chi connectivity index (χ1v) is 11.2. The second kappa shape index (κ2) is 6.89. The molecule has 4 aliphatic carbocycles. The van der Waals surface area contributed by atoms with Gasteiger partial charge in [0, 0.05) is 22.5 Å². The minimum atomic E-state index is -0.465. The van der Waals surface area contributed by atoms with Gasteiger partial charge >= 0.3 is 5.97 Å². The maximum absolute atomic E-state index is 13.3. The number of carbonyl (C=O) groups excluding carboxylic acids is 2. The minimum absolute atomic E-state index is 0.00400. The number of rotatable bonds is 4. The van der Waals surface area contributed by atoms with Crippen molar-refractivity contribution in [2.24, 2.45) is 17.3 Å². The lowest BCUT2D eigenvalue weighted by Crippen LogP contribution is -2.64. The van der Waals surface area contributed by atoms with Crippen LogP contribution in [0.25, 0.3) is 0 Å². The van der Waals surface area contributed by atoms with Crippen molar-refractivity contribution in [3.8, 4) is 11.5 Å². The van der Waals surface area contributed by atoms with Gasteiger partial charge in [0.15, 0.2) is 11.5 Å². The zero-order chi connectivity index (χ0) is 20.2. The van der Waals surface area contributed by atoms with E-state index in [1.807, 2.05) is 12.1 Å². The summed E-state index contributed by atoms with van der Waals surface area (Å²) in [5.41, 5.74) is 0.170. The van der Waals surface area contributed by atoms with E-state index in [0.29, 0.717) is 43.0 Å². The zero-order valence-corrected chi connectivity index (χ0v) is 18.2. The Morgan fingerprint density at radius 2 is 1.79 bits per heavy atom. The predicted octanol–water partition coefficient (Wildman–Crippen LogP) is 3.74. The number of ether oxygens (including phenoxy) is 3. The molecule has 1 amide bonds. The van der Waals surface area contributed by atoms with Crippen LogP contribution in [0.5, 0.6) is 11.5 Å². The molecule has 1 aliphatic heterocycles. The highest BCUT2D eigenvalue weighted by Gasteiger charge is 2.61. The van der Waals surface area contributed by atoms with Crippen molar-refractivity contribution in [2.75, 3.05) is 13.2 Å². The molecule has 1 aromatic carbocycles. The fourth-order valence-corrected chi connectivity index (χ4v) is 6.97. The fraction of sp³-hybridized carbons (Fsp3) is 0.636. The predicted molar refractivity (Wildman–Crippen MR) is 109 cm³/mol. The molecule has 4 bridgehead atoms. The van der Waals surface area contributed by atoms with Crippen LogP contribution in [0.1, 0.15) is 51.0 Å². The van der Waals surface area contributed by atoms with Gasteiger partial charge in [-0.3, -0.25) is 9.59 Å². The van der Waals surface area contributed by atoms with Crippen LogP contribution in [0, 0.1) is 17.3 Å². The van der Waals surface area contributed by atoms with E-state index in [4.69, 9.17) is 14.2 Å². The summed E-state index contributed by atoms with van der Waals surface area (Å²) in [6.07, 6.45) is 5.62. The molecule has 156 valence electrons. The standard InChI is InChI=1S/C22H26BrNO5/c1-13(25)24-22-9-14-4-15(10-22)8-21(7-14,12-22)20(26)29-11-16-5-18-19(6-17(16)23)28-3-2-27-18/h5-6,14-15H,2-4,7-12H2,1H3,(H,24,25). The van der Waals surface area contributed by atoms with Crippen molar-refractivity contribution in [1.29, 1.82) is 0 Å². The van der Waals surface area contributed by atoms with E-state index in [1.54, 1.807) is 6.92 Å². The molecule has 1 aromatic rings. The van der Waals surface area contributed by atoms with Gasteiger partial charge in [-0.25, -0.2) is 0 Å². The van der Waals surface area contributed by atoms with Crippen molar-refractivity contribution in [1.82, 2.24) is 5.32 Å². The Morgan fingerprint density at radius 1 is 1.14 bits per heavy atom. The molecular formula is C22H26BrNO5. The van der Waals surface area contributed by atoms with Crippen LogP contribution in [0.4, 0.5) is 0 Å². The van der Waals surface area contributed by atoms with Crippen molar-refractivity contribution >= 4 is 27.8 Å². The van der Waals surface area contributed by atoms with E-state index in [9.17, 15) is 9.59 Å². The molecule has 29 heavy (non-hydrogen) atoms. The second-order valence-electron chi connectivity index (χ2n) is 9.37. The smallest absolute Gasteiger partial charge is 0.312 e. The average molecular weight is 464 g/mol. The first kappa shape index (κ1) is 19.2. The maximum Gasteiger partial charge on any atom is 0.312 e. The number of hydrogen-bond acceptors (Lipinski definition) is 5. The summed E-state index contributed by atoms with van der Waals surface area (Å²) in [6, 6.07) is 3.75. The van der Waals surface area contributed by atoms with E-state index in [-0.39, 0.29) is 24.0 Å². The molecule has 0 aromatic heterocycles. The average Bonchev–Trinajstić information content (AvgIpc) is 2.64. The van der Waals surface area contributed by atoms with Crippen LogP contribution < -0.4 is 14.8 Å². The van der Waals surface area contributed by atoms with Crippen molar-refractivity contribution in [3.05, 3.63) is 22.2 Å². The molecule has 1 N–H and O–H groups in total. The van der Waals surface area contributed by atoms with Crippen LogP contribution in [0.15, 0.2) is 16.6 Å². The Hall–Kier alpha value is -1.76. The van der Waals surface area contributed by atoms with Crippen molar-refractivity contribution < 1.29 is 23.8 Å². The molecule has 4 saturated carbocycles. The van der Waals surface area contributed by atoms with Crippen LogP contribution in [-0.2, 0) is 20.9 Å².